The first kappa shape index (κ1) is 22.4. The van der Waals surface area contributed by atoms with Gasteiger partial charge in [0.1, 0.15) is 10.8 Å². The average Bonchev–Trinajstić information content (AvgIpc) is 3.10. The van der Waals surface area contributed by atoms with Gasteiger partial charge in [0, 0.05) is 11.1 Å². The van der Waals surface area contributed by atoms with Crippen molar-refractivity contribution in [1.29, 1.82) is 0 Å². The van der Waals surface area contributed by atoms with Crippen molar-refractivity contribution in [3.63, 3.8) is 0 Å². The number of ether oxygens (including phenoxy) is 1. The molecule has 4 N–H and O–H groups in total. The van der Waals surface area contributed by atoms with Crippen molar-refractivity contribution in [3.8, 4) is 5.75 Å². The first-order valence-corrected chi connectivity index (χ1v) is 9.11. The van der Waals surface area contributed by atoms with Crippen molar-refractivity contribution in [3.05, 3.63) is 40.3 Å². The zero-order chi connectivity index (χ0) is 21.7. The number of nitrogens with zero attached hydrogens (tertiary/aromatic N) is 1. The number of hydrogen-bond acceptors (Lipinski definition) is 7. The molecule has 2 amide bonds. The maximum absolute atomic E-state index is 13.4. The van der Waals surface area contributed by atoms with Gasteiger partial charge in [0.15, 0.2) is 0 Å². The van der Waals surface area contributed by atoms with E-state index in [0.29, 0.717) is 22.8 Å². The Hall–Kier alpha value is -2.86. The van der Waals surface area contributed by atoms with Gasteiger partial charge in [-0.15, -0.1) is 11.3 Å². The molecule has 1 heterocycles. The molecule has 2 aromatic rings. The number of carbonyl (C=O) groups is 2. The number of aromatic nitrogens is 1. The Morgan fingerprint density at radius 2 is 1.86 bits per heavy atom. The van der Waals surface area contributed by atoms with Gasteiger partial charge in [-0.25, -0.2) is 4.98 Å². The summed E-state index contributed by atoms with van der Waals surface area (Å²) < 4.78 is 45.2. The molecular weight excluding hydrogens is 413 g/mol. The van der Waals surface area contributed by atoms with Crippen LogP contribution in [0.5, 0.6) is 5.75 Å². The van der Waals surface area contributed by atoms with Crippen LogP contribution in [0.3, 0.4) is 0 Å². The van der Waals surface area contributed by atoms with Gasteiger partial charge in [-0.3, -0.25) is 20.4 Å². The highest BCUT2D eigenvalue weighted by molar-refractivity contribution is 7.09. The molecule has 8 nitrogen and oxygen atoms in total. The molecule has 1 atom stereocenters. The number of aryl methyl sites for hydroxylation is 1. The molecule has 158 valence electrons. The number of carbonyl (C=O) groups excluding carboxylic acids is 2. The number of rotatable bonds is 7. The van der Waals surface area contributed by atoms with E-state index in [1.165, 1.54) is 19.4 Å². The Morgan fingerprint density at radius 3 is 2.45 bits per heavy atom. The number of alkyl halides is 3. The lowest BCUT2D eigenvalue weighted by Crippen LogP contribution is -2.50. The number of hydrogen-bond donors (Lipinski definition) is 4. The predicted octanol–water partition coefficient (Wildman–Crippen LogP) is 1.86. The molecule has 12 heteroatoms. The fourth-order valence-corrected chi connectivity index (χ4v) is 3.18. The maximum atomic E-state index is 13.4. The van der Waals surface area contributed by atoms with Crippen LogP contribution < -0.4 is 20.9 Å². The normalized spacial score (nSPS) is 13.3. The molecule has 0 aliphatic heterocycles. The van der Waals surface area contributed by atoms with Crippen LogP contribution in [0.2, 0.25) is 0 Å². The highest BCUT2D eigenvalue weighted by atomic mass is 32.1. The lowest BCUT2D eigenvalue weighted by atomic mass is 9.99. The Kier molecular flexibility index (Phi) is 7.03. The quantitative estimate of drug-likeness (QED) is 0.497. The van der Waals surface area contributed by atoms with E-state index >= 15 is 0 Å². The summed E-state index contributed by atoms with van der Waals surface area (Å²) in [6, 6.07) is 6.77. The van der Waals surface area contributed by atoms with E-state index in [1.807, 2.05) is 10.9 Å². The Labute approximate surface area is 168 Å². The molecule has 0 saturated carbocycles. The molecular formula is C17H19F3N4O4S. The van der Waals surface area contributed by atoms with Crippen molar-refractivity contribution in [2.24, 2.45) is 0 Å². The molecule has 0 bridgehead atoms. The van der Waals surface area contributed by atoms with Crippen molar-refractivity contribution in [2.45, 2.75) is 25.1 Å². The summed E-state index contributed by atoms with van der Waals surface area (Å²) in [5, 5.41) is 13.5. The number of aliphatic hydroxyl groups is 1. The highest BCUT2D eigenvalue weighted by Gasteiger charge is 2.58. The Balaban J connectivity index is 1.93. The summed E-state index contributed by atoms with van der Waals surface area (Å²) in [5.41, 5.74) is 1.18. The van der Waals surface area contributed by atoms with Gasteiger partial charge in [-0.1, -0.05) is 12.1 Å². The largest absolute Gasteiger partial charge is 0.495 e. The van der Waals surface area contributed by atoms with Crippen LogP contribution >= 0.6 is 11.3 Å². The molecule has 1 aromatic heterocycles. The first-order valence-electron chi connectivity index (χ1n) is 8.23. The van der Waals surface area contributed by atoms with Crippen molar-refractivity contribution < 1.29 is 32.6 Å². The van der Waals surface area contributed by atoms with E-state index in [1.54, 1.807) is 24.3 Å². The third-order valence-corrected chi connectivity index (χ3v) is 4.86. The summed E-state index contributed by atoms with van der Waals surface area (Å²) in [6.45, 7) is 1.18. The fourth-order valence-electron chi connectivity index (χ4n) is 2.27. The Morgan fingerprint density at radius 1 is 1.21 bits per heavy atom. The van der Waals surface area contributed by atoms with E-state index in [0.717, 1.165) is 0 Å². The van der Waals surface area contributed by atoms with Crippen LogP contribution in [0.1, 0.15) is 17.1 Å². The van der Waals surface area contributed by atoms with Gasteiger partial charge in [-0.05, 0) is 19.1 Å². The van der Waals surface area contributed by atoms with Crippen LogP contribution in [0.25, 0.3) is 0 Å². The number of halogens is 3. The predicted molar refractivity (Wildman–Crippen MR) is 99.2 cm³/mol. The smallest absolute Gasteiger partial charge is 0.424 e. The second-order valence-electron chi connectivity index (χ2n) is 5.98. The lowest BCUT2D eigenvalue weighted by Gasteiger charge is -2.27. The van der Waals surface area contributed by atoms with Crippen LogP contribution in [-0.4, -0.2) is 41.7 Å². The van der Waals surface area contributed by atoms with E-state index in [2.05, 4.69) is 10.3 Å². The van der Waals surface area contributed by atoms with Gasteiger partial charge >= 0.3 is 6.18 Å². The number of methoxy groups -OCH3 is 1. The molecule has 0 saturated heterocycles. The number of para-hydroxylation sites is 2. The summed E-state index contributed by atoms with van der Waals surface area (Å²) in [5.74, 6) is -1.47. The molecule has 2 rings (SSSR count). The zero-order valence-electron chi connectivity index (χ0n) is 15.5. The van der Waals surface area contributed by atoms with E-state index in [4.69, 9.17) is 4.74 Å². The van der Waals surface area contributed by atoms with Crippen LogP contribution in [0.4, 0.5) is 18.9 Å². The third-order valence-electron chi connectivity index (χ3n) is 3.75. The monoisotopic (exact) mass is 432 g/mol. The SMILES string of the molecule is COc1ccccc1NCC(=O)NNC(=O)CC(O)(c1nc(C)cs1)C(F)(F)F. The molecule has 0 radical (unpaired) electrons. The van der Waals surface area contributed by atoms with Crippen molar-refractivity contribution >= 4 is 28.8 Å². The first-order chi connectivity index (χ1) is 13.6. The van der Waals surface area contributed by atoms with Crippen LogP contribution in [0, 0.1) is 6.92 Å². The number of amides is 2. The van der Waals surface area contributed by atoms with E-state index in [9.17, 15) is 27.9 Å². The van der Waals surface area contributed by atoms with E-state index < -0.39 is 35.0 Å². The van der Waals surface area contributed by atoms with Gasteiger partial charge in [0.05, 0.1) is 25.8 Å². The van der Waals surface area contributed by atoms with Gasteiger partial charge in [-0.2, -0.15) is 13.2 Å². The minimum atomic E-state index is -5.13. The summed E-state index contributed by atoms with van der Waals surface area (Å²) in [6.07, 6.45) is -6.49. The van der Waals surface area contributed by atoms with Gasteiger partial charge in [0.25, 0.3) is 5.91 Å². The molecule has 1 aromatic carbocycles. The van der Waals surface area contributed by atoms with Crippen molar-refractivity contribution in [2.75, 3.05) is 19.0 Å². The summed E-state index contributed by atoms with van der Waals surface area (Å²) in [4.78, 5) is 27.4. The van der Waals surface area contributed by atoms with Crippen molar-refractivity contribution in [1.82, 2.24) is 15.8 Å². The summed E-state index contributed by atoms with van der Waals surface area (Å²) in [7, 11) is 1.45. The Bertz CT molecular complexity index is 874. The second kappa shape index (κ2) is 9.09. The number of anilines is 1. The standard InChI is InChI=1S/C17H19F3N4O4S/c1-10-9-29-15(22-10)16(27,17(18,19)20)7-13(25)23-24-14(26)8-21-11-5-3-4-6-12(11)28-2/h3-6,9,21,27H,7-8H2,1-2H3,(H,23,25)(H,24,26). The highest BCUT2D eigenvalue weighted by Crippen LogP contribution is 2.42. The van der Waals surface area contributed by atoms with E-state index in [-0.39, 0.29) is 12.2 Å². The molecule has 29 heavy (non-hydrogen) atoms. The number of benzene rings is 1. The van der Waals surface area contributed by atoms with Gasteiger partial charge < -0.3 is 15.2 Å². The third kappa shape index (κ3) is 5.57. The average molecular weight is 432 g/mol. The fraction of sp³-hybridized carbons (Fsp3) is 0.353. The zero-order valence-corrected chi connectivity index (χ0v) is 16.3. The topological polar surface area (TPSA) is 113 Å². The molecule has 0 spiro atoms. The molecule has 1 unspecified atom stereocenters. The van der Waals surface area contributed by atoms with Gasteiger partial charge in [0.2, 0.25) is 11.5 Å². The van der Waals surface area contributed by atoms with Crippen LogP contribution in [0.15, 0.2) is 29.6 Å². The summed E-state index contributed by atoms with van der Waals surface area (Å²) >= 11 is 0.589. The minimum absolute atomic E-state index is 0.281. The minimum Gasteiger partial charge on any atom is -0.495 e. The van der Waals surface area contributed by atoms with Crippen LogP contribution in [-0.2, 0) is 15.2 Å². The lowest BCUT2D eigenvalue weighted by molar-refractivity contribution is -0.267. The molecule has 0 aliphatic rings. The maximum Gasteiger partial charge on any atom is 0.424 e. The number of thiazole rings is 1. The number of hydrazine groups is 1. The molecule has 0 aliphatic carbocycles. The number of nitrogens with one attached hydrogen (secondary N) is 3. The second-order valence-corrected chi connectivity index (χ2v) is 6.84. The molecule has 0 fully saturated rings.